The van der Waals surface area contributed by atoms with Gasteiger partial charge < -0.3 is 5.11 Å². The Hall–Kier alpha value is -2.31. The summed E-state index contributed by atoms with van der Waals surface area (Å²) in [5.74, 6) is -1.56. The van der Waals surface area contributed by atoms with Gasteiger partial charge in [0.15, 0.2) is 5.82 Å². The maximum atomic E-state index is 13.5. The molecular formula is C12H13FN4O2. The fourth-order valence-corrected chi connectivity index (χ4v) is 1.60. The molecule has 2 rings (SSSR count). The number of carbonyl (C=O) groups is 1. The lowest BCUT2D eigenvalue weighted by Crippen LogP contribution is -2.18. The summed E-state index contributed by atoms with van der Waals surface area (Å²) < 4.78 is 14.9. The summed E-state index contributed by atoms with van der Waals surface area (Å²) in [6.45, 7) is 3.35. The van der Waals surface area contributed by atoms with Gasteiger partial charge in [0.1, 0.15) is 5.82 Å². The molecule has 0 amide bonds. The van der Waals surface area contributed by atoms with E-state index in [4.69, 9.17) is 5.11 Å². The van der Waals surface area contributed by atoms with E-state index in [-0.39, 0.29) is 12.4 Å². The Morgan fingerprint density at radius 2 is 2.26 bits per heavy atom. The highest BCUT2D eigenvalue weighted by Gasteiger charge is 2.17. The number of carboxylic acid groups (broad SMARTS) is 1. The first kappa shape index (κ1) is 13.1. The lowest BCUT2D eigenvalue weighted by atomic mass is 10.1. The number of nitrogens with zero attached hydrogens (tertiary/aromatic N) is 4. The molecule has 1 aromatic carbocycles. The molecule has 0 aliphatic carbocycles. The minimum absolute atomic E-state index is 0.132. The molecule has 6 nitrogen and oxygen atoms in total. The third-order valence-corrected chi connectivity index (χ3v) is 2.83. The van der Waals surface area contributed by atoms with Crippen LogP contribution in [0.2, 0.25) is 0 Å². The molecule has 1 aromatic heterocycles. The van der Waals surface area contributed by atoms with Crippen LogP contribution in [-0.4, -0.2) is 31.3 Å². The highest BCUT2D eigenvalue weighted by atomic mass is 19.1. The average Bonchev–Trinajstić information content (AvgIpc) is 2.80. The van der Waals surface area contributed by atoms with E-state index in [1.54, 1.807) is 26.0 Å². The predicted octanol–water partition coefficient (Wildman–Crippen LogP) is 1.51. The zero-order valence-corrected chi connectivity index (χ0v) is 10.5. The van der Waals surface area contributed by atoms with Crippen LogP contribution in [0, 0.1) is 18.7 Å². The molecule has 1 heterocycles. The van der Waals surface area contributed by atoms with Crippen molar-refractivity contribution in [1.29, 1.82) is 0 Å². The maximum Gasteiger partial charge on any atom is 0.308 e. The van der Waals surface area contributed by atoms with Crippen LogP contribution in [0.3, 0.4) is 0 Å². The summed E-state index contributed by atoms with van der Waals surface area (Å²) in [6.07, 6.45) is 0. The Bertz CT molecular complexity index is 612. The van der Waals surface area contributed by atoms with Crippen LogP contribution in [0.5, 0.6) is 0 Å². The Balaban J connectivity index is 2.33. The summed E-state index contributed by atoms with van der Waals surface area (Å²) in [6, 6.07) is 4.67. The van der Waals surface area contributed by atoms with Crippen LogP contribution in [0.25, 0.3) is 11.4 Å². The monoisotopic (exact) mass is 264 g/mol. The van der Waals surface area contributed by atoms with E-state index in [0.29, 0.717) is 17.0 Å². The summed E-state index contributed by atoms with van der Waals surface area (Å²) in [4.78, 5) is 10.8. The number of halogens is 1. The molecule has 0 saturated carbocycles. The number of aryl methyl sites for hydroxylation is 1. The fraction of sp³-hybridized carbons (Fsp3) is 0.333. The summed E-state index contributed by atoms with van der Waals surface area (Å²) in [7, 11) is 0. The predicted molar refractivity (Wildman–Crippen MR) is 64.7 cm³/mol. The van der Waals surface area contributed by atoms with Gasteiger partial charge in [0, 0.05) is 5.56 Å². The first-order valence-corrected chi connectivity index (χ1v) is 5.74. The van der Waals surface area contributed by atoms with Crippen LogP contribution < -0.4 is 0 Å². The number of aliphatic carboxylic acids is 1. The quantitative estimate of drug-likeness (QED) is 0.905. The van der Waals surface area contributed by atoms with Crippen LogP contribution >= 0.6 is 0 Å². The molecule has 0 aliphatic heterocycles. The Morgan fingerprint density at radius 1 is 1.53 bits per heavy atom. The van der Waals surface area contributed by atoms with E-state index in [9.17, 15) is 9.18 Å². The van der Waals surface area contributed by atoms with Crippen molar-refractivity contribution in [2.24, 2.45) is 5.92 Å². The fourth-order valence-electron chi connectivity index (χ4n) is 1.60. The van der Waals surface area contributed by atoms with E-state index in [1.807, 2.05) is 0 Å². The van der Waals surface area contributed by atoms with E-state index in [0.717, 1.165) is 0 Å². The minimum Gasteiger partial charge on any atom is -0.481 e. The van der Waals surface area contributed by atoms with Gasteiger partial charge in [0.2, 0.25) is 0 Å². The Kier molecular flexibility index (Phi) is 3.55. The summed E-state index contributed by atoms with van der Waals surface area (Å²) >= 11 is 0. The van der Waals surface area contributed by atoms with Gasteiger partial charge in [-0.3, -0.25) is 4.79 Å². The van der Waals surface area contributed by atoms with E-state index in [2.05, 4.69) is 15.5 Å². The first-order valence-electron chi connectivity index (χ1n) is 5.74. The molecular weight excluding hydrogens is 251 g/mol. The normalized spacial score (nSPS) is 12.4. The van der Waals surface area contributed by atoms with Crippen molar-refractivity contribution in [2.75, 3.05) is 0 Å². The lowest BCUT2D eigenvalue weighted by Gasteiger charge is -2.08. The summed E-state index contributed by atoms with van der Waals surface area (Å²) in [5.41, 5.74) is 1.05. The molecule has 1 N–H and O–H groups in total. The second-order valence-electron chi connectivity index (χ2n) is 4.39. The number of benzene rings is 1. The lowest BCUT2D eigenvalue weighted by molar-refractivity contribution is -0.141. The van der Waals surface area contributed by atoms with Crippen molar-refractivity contribution in [1.82, 2.24) is 20.2 Å². The smallest absolute Gasteiger partial charge is 0.308 e. The standard InChI is InChI=1S/C12H13FN4O2/c1-7-3-4-9(5-10(7)13)11-14-15-16-17(11)6-8(2)12(18)19/h3-5,8H,6H2,1-2H3,(H,18,19). The topological polar surface area (TPSA) is 80.9 Å². The van der Waals surface area contributed by atoms with Crippen LogP contribution in [0.1, 0.15) is 12.5 Å². The number of carboxylic acids is 1. The van der Waals surface area contributed by atoms with Gasteiger partial charge in [0.05, 0.1) is 12.5 Å². The van der Waals surface area contributed by atoms with Crippen molar-refractivity contribution in [3.05, 3.63) is 29.6 Å². The van der Waals surface area contributed by atoms with Gasteiger partial charge in [-0.2, -0.15) is 0 Å². The largest absolute Gasteiger partial charge is 0.481 e. The maximum absolute atomic E-state index is 13.5. The molecule has 0 fully saturated rings. The third-order valence-electron chi connectivity index (χ3n) is 2.83. The SMILES string of the molecule is Cc1ccc(-c2nnnn2CC(C)C(=O)O)cc1F. The third kappa shape index (κ3) is 2.75. The zero-order valence-electron chi connectivity index (χ0n) is 10.5. The molecule has 2 aromatic rings. The average molecular weight is 264 g/mol. The molecule has 100 valence electrons. The number of hydrogen-bond donors (Lipinski definition) is 1. The van der Waals surface area contributed by atoms with Crippen molar-refractivity contribution in [3.8, 4) is 11.4 Å². The highest BCUT2D eigenvalue weighted by molar-refractivity contribution is 5.69. The van der Waals surface area contributed by atoms with Crippen molar-refractivity contribution < 1.29 is 14.3 Å². The van der Waals surface area contributed by atoms with E-state index >= 15 is 0 Å². The molecule has 7 heteroatoms. The molecule has 0 aliphatic rings. The van der Waals surface area contributed by atoms with Crippen molar-refractivity contribution >= 4 is 5.97 Å². The van der Waals surface area contributed by atoms with Gasteiger partial charge in [-0.25, -0.2) is 9.07 Å². The van der Waals surface area contributed by atoms with Gasteiger partial charge in [0.25, 0.3) is 0 Å². The molecule has 1 atom stereocenters. The zero-order chi connectivity index (χ0) is 14.0. The number of aromatic nitrogens is 4. The summed E-state index contributed by atoms with van der Waals surface area (Å²) in [5, 5.41) is 19.9. The molecule has 0 radical (unpaired) electrons. The van der Waals surface area contributed by atoms with Gasteiger partial charge in [-0.15, -0.1) is 5.10 Å². The van der Waals surface area contributed by atoms with Crippen LogP contribution in [0.4, 0.5) is 4.39 Å². The van der Waals surface area contributed by atoms with Gasteiger partial charge in [-0.05, 0) is 29.0 Å². The van der Waals surface area contributed by atoms with Gasteiger partial charge >= 0.3 is 5.97 Å². The highest BCUT2D eigenvalue weighted by Crippen LogP contribution is 2.19. The number of tetrazole rings is 1. The van der Waals surface area contributed by atoms with Crippen molar-refractivity contribution in [2.45, 2.75) is 20.4 Å². The van der Waals surface area contributed by atoms with E-state index in [1.165, 1.54) is 10.7 Å². The molecule has 0 spiro atoms. The van der Waals surface area contributed by atoms with Gasteiger partial charge in [-0.1, -0.05) is 19.1 Å². The first-order chi connectivity index (χ1) is 8.99. The molecule has 1 unspecified atom stereocenters. The van der Waals surface area contributed by atoms with Crippen LogP contribution in [-0.2, 0) is 11.3 Å². The second-order valence-corrected chi connectivity index (χ2v) is 4.39. The Labute approximate surface area is 108 Å². The minimum atomic E-state index is -0.934. The molecule has 0 bridgehead atoms. The number of hydrogen-bond acceptors (Lipinski definition) is 4. The number of rotatable bonds is 4. The van der Waals surface area contributed by atoms with E-state index < -0.39 is 11.9 Å². The van der Waals surface area contributed by atoms with Crippen molar-refractivity contribution in [3.63, 3.8) is 0 Å². The Morgan fingerprint density at radius 3 is 2.89 bits per heavy atom. The molecule has 19 heavy (non-hydrogen) atoms. The van der Waals surface area contributed by atoms with Crippen LogP contribution in [0.15, 0.2) is 18.2 Å². The molecule has 0 saturated heterocycles. The second kappa shape index (κ2) is 5.13.